The molecule has 17 heavy (non-hydrogen) atoms. The molecule has 0 spiro atoms. The summed E-state index contributed by atoms with van der Waals surface area (Å²) in [6.45, 7) is 0.637. The number of carboxylic acids is 1. The molecule has 1 heterocycles. The van der Waals surface area contributed by atoms with Crippen molar-refractivity contribution in [3.05, 3.63) is 30.6 Å². The fourth-order valence-corrected chi connectivity index (χ4v) is 1.85. The lowest BCUT2D eigenvalue weighted by atomic mass is 10.2. The van der Waals surface area contributed by atoms with E-state index in [1.807, 2.05) is 28.8 Å². The molecule has 1 atom stereocenters. The Bertz CT molecular complexity index is 521. The van der Waals surface area contributed by atoms with E-state index in [2.05, 4.69) is 10.3 Å². The number of nitrogens with one attached hydrogen (secondary N) is 1. The Morgan fingerprint density at radius 1 is 1.53 bits per heavy atom. The van der Waals surface area contributed by atoms with Crippen LogP contribution in [0.2, 0.25) is 0 Å². The first kappa shape index (κ1) is 11.6. The van der Waals surface area contributed by atoms with Gasteiger partial charge in [-0.3, -0.25) is 4.79 Å². The Morgan fingerprint density at radius 3 is 3.00 bits per heavy atom. The molecule has 0 bridgehead atoms. The molecule has 0 fully saturated rings. The number of fused-ring (bicyclic) bond motifs is 1. The third kappa shape index (κ3) is 2.45. The van der Waals surface area contributed by atoms with Crippen molar-refractivity contribution in [3.8, 4) is 0 Å². The van der Waals surface area contributed by atoms with Gasteiger partial charge in [-0.15, -0.1) is 0 Å². The monoisotopic (exact) mass is 233 g/mol. The van der Waals surface area contributed by atoms with Crippen LogP contribution in [0.5, 0.6) is 0 Å². The number of benzene rings is 1. The molecule has 1 aromatic heterocycles. The zero-order valence-corrected chi connectivity index (χ0v) is 9.63. The van der Waals surface area contributed by atoms with E-state index in [-0.39, 0.29) is 0 Å². The Labute approximate surface area is 99.1 Å². The number of para-hydroxylation sites is 2. The summed E-state index contributed by atoms with van der Waals surface area (Å²) in [5.74, 6) is -0.822. The zero-order valence-electron chi connectivity index (χ0n) is 9.63. The minimum absolute atomic E-state index is 0.517. The lowest BCUT2D eigenvalue weighted by Crippen LogP contribution is -2.34. The summed E-state index contributed by atoms with van der Waals surface area (Å²) in [5.41, 5.74) is 1.97. The molecule has 1 aromatic carbocycles. The summed E-state index contributed by atoms with van der Waals surface area (Å²) in [4.78, 5) is 15.1. The van der Waals surface area contributed by atoms with Gasteiger partial charge in [0, 0.05) is 6.54 Å². The van der Waals surface area contributed by atoms with Crippen molar-refractivity contribution in [2.45, 2.75) is 19.0 Å². The van der Waals surface area contributed by atoms with E-state index >= 15 is 0 Å². The highest BCUT2D eigenvalue weighted by atomic mass is 16.4. The summed E-state index contributed by atoms with van der Waals surface area (Å²) in [6.07, 6.45) is 2.28. The molecule has 0 amide bonds. The summed E-state index contributed by atoms with van der Waals surface area (Å²) in [6, 6.07) is 7.30. The number of rotatable bonds is 5. The van der Waals surface area contributed by atoms with Gasteiger partial charge in [0.05, 0.1) is 17.4 Å². The largest absolute Gasteiger partial charge is 0.480 e. The van der Waals surface area contributed by atoms with Crippen molar-refractivity contribution in [2.24, 2.45) is 0 Å². The topological polar surface area (TPSA) is 67.2 Å². The van der Waals surface area contributed by atoms with Crippen molar-refractivity contribution >= 4 is 17.0 Å². The van der Waals surface area contributed by atoms with Gasteiger partial charge in [-0.1, -0.05) is 12.1 Å². The van der Waals surface area contributed by atoms with Crippen molar-refractivity contribution in [1.29, 1.82) is 0 Å². The van der Waals surface area contributed by atoms with Crippen LogP contribution in [-0.4, -0.2) is 33.7 Å². The molecule has 0 saturated heterocycles. The second-order valence-electron chi connectivity index (χ2n) is 3.89. The van der Waals surface area contributed by atoms with E-state index in [1.54, 1.807) is 13.4 Å². The molecule has 5 nitrogen and oxygen atoms in total. The van der Waals surface area contributed by atoms with E-state index in [0.717, 1.165) is 11.0 Å². The van der Waals surface area contributed by atoms with E-state index in [0.29, 0.717) is 13.0 Å². The van der Waals surface area contributed by atoms with Crippen LogP contribution in [0.1, 0.15) is 6.42 Å². The average molecular weight is 233 g/mol. The van der Waals surface area contributed by atoms with Gasteiger partial charge < -0.3 is 15.0 Å². The van der Waals surface area contributed by atoms with Gasteiger partial charge in [0.15, 0.2) is 0 Å². The van der Waals surface area contributed by atoms with Crippen molar-refractivity contribution < 1.29 is 9.90 Å². The van der Waals surface area contributed by atoms with Gasteiger partial charge in [0.1, 0.15) is 6.04 Å². The molecular formula is C12H15N3O2. The predicted octanol–water partition coefficient (Wildman–Crippen LogP) is 1.10. The van der Waals surface area contributed by atoms with E-state index in [4.69, 9.17) is 5.11 Å². The second-order valence-corrected chi connectivity index (χ2v) is 3.89. The highest BCUT2D eigenvalue weighted by molar-refractivity contribution is 5.75. The lowest BCUT2D eigenvalue weighted by Gasteiger charge is -2.11. The quantitative estimate of drug-likeness (QED) is 0.811. The van der Waals surface area contributed by atoms with Crippen LogP contribution in [0.4, 0.5) is 0 Å². The number of hydrogen-bond donors (Lipinski definition) is 2. The Morgan fingerprint density at radius 2 is 2.29 bits per heavy atom. The summed E-state index contributed by atoms with van der Waals surface area (Å²) in [5, 5.41) is 11.7. The molecule has 0 saturated carbocycles. The number of hydrogen-bond acceptors (Lipinski definition) is 3. The molecule has 2 N–H and O–H groups in total. The minimum Gasteiger partial charge on any atom is -0.480 e. The van der Waals surface area contributed by atoms with Crippen LogP contribution in [0.25, 0.3) is 11.0 Å². The fourth-order valence-electron chi connectivity index (χ4n) is 1.85. The van der Waals surface area contributed by atoms with E-state index < -0.39 is 12.0 Å². The van der Waals surface area contributed by atoms with Crippen molar-refractivity contribution in [1.82, 2.24) is 14.9 Å². The average Bonchev–Trinajstić information content (AvgIpc) is 2.73. The highest BCUT2D eigenvalue weighted by Gasteiger charge is 2.14. The summed E-state index contributed by atoms with van der Waals surface area (Å²) in [7, 11) is 1.66. The van der Waals surface area contributed by atoms with Crippen LogP contribution in [-0.2, 0) is 11.3 Å². The number of carbonyl (C=O) groups is 1. The minimum atomic E-state index is -0.822. The number of aromatic nitrogens is 2. The maximum Gasteiger partial charge on any atom is 0.320 e. The first-order chi connectivity index (χ1) is 8.22. The first-order valence-electron chi connectivity index (χ1n) is 5.52. The number of aryl methyl sites for hydroxylation is 1. The van der Waals surface area contributed by atoms with Crippen LogP contribution in [0, 0.1) is 0 Å². The highest BCUT2D eigenvalue weighted by Crippen LogP contribution is 2.12. The van der Waals surface area contributed by atoms with E-state index in [1.165, 1.54) is 0 Å². The number of nitrogens with zero attached hydrogens (tertiary/aromatic N) is 2. The Balaban J connectivity index is 2.11. The maximum atomic E-state index is 10.9. The van der Waals surface area contributed by atoms with Gasteiger partial charge in [-0.2, -0.15) is 0 Å². The SMILES string of the molecule is CNC(CCn1cnc2ccccc21)C(=O)O. The van der Waals surface area contributed by atoms with Gasteiger partial charge in [-0.05, 0) is 25.6 Å². The van der Waals surface area contributed by atoms with Crippen LogP contribution in [0.3, 0.4) is 0 Å². The Hall–Kier alpha value is -1.88. The van der Waals surface area contributed by atoms with Gasteiger partial charge in [0.25, 0.3) is 0 Å². The normalized spacial score (nSPS) is 12.8. The number of carboxylic acid groups (broad SMARTS) is 1. The van der Waals surface area contributed by atoms with Gasteiger partial charge in [-0.25, -0.2) is 4.98 Å². The van der Waals surface area contributed by atoms with Crippen molar-refractivity contribution in [3.63, 3.8) is 0 Å². The van der Waals surface area contributed by atoms with Crippen LogP contribution < -0.4 is 5.32 Å². The summed E-state index contributed by atoms with van der Waals surface area (Å²) < 4.78 is 1.97. The molecular weight excluding hydrogens is 218 g/mol. The maximum absolute atomic E-state index is 10.9. The summed E-state index contributed by atoms with van der Waals surface area (Å²) >= 11 is 0. The van der Waals surface area contributed by atoms with Gasteiger partial charge in [0.2, 0.25) is 0 Å². The predicted molar refractivity (Wildman–Crippen MR) is 64.8 cm³/mol. The lowest BCUT2D eigenvalue weighted by molar-refractivity contribution is -0.139. The molecule has 2 rings (SSSR count). The van der Waals surface area contributed by atoms with Gasteiger partial charge >= 0.3 is 5.97 Å². The fraction of sp³-hybridized carbons (Fsp3) is 0.333. The number of aliphatic carboxylic acids is 1. The molecule has 0 aliphatic heterocycles. The molecule has 0 aliphatic rings. The molecule has 2 aromatic rings. The van der Waals surface area contributed by atoms with Crippen LogP contribution >= 0.6 is 0 Å². The molecule has 0 radical (unpaired) electrons. The zero-order chi connectivity index (χ0) is 12.3. The molecule has 0 aliphatic carbocycles. The third-order valence-electron chi connectivity index (χ3n) is 2.83. The van der Waals surface area contributed by atoms with Crippen molar-refractivity contribution in [2.75, 3.05) is 7.05 Å². The Kier molecular flexibility index (Phi) is 3.39. The number of imidazole rings is 1. The smallest absolute Gasteiger partial charge is 0.320 e. The second kappa shape index (κ2) is 4.97. The third-order valence-corrected chi connectivity index (χ3v) is 2.83. The molecule has 1 unspecified atom stereocenters. The first-order valence-corrected chi connectivity index (χ1v) is 5.52. The van der Waals surface area contributed by atoms with Crippen LogP contribution in [0.15, 0.2) is 30.6 Å². The van der Waals surface area contributed by atoms with E-state index in [9.17, 15) is 4.79 Å². The molecule has 5 heteroatoms. The number of likely N-dealkylation sites (N-methyl/N-ethyl adjacent to an activating group) is 1. The standard InChI is InChI=1S/C12H15N3O2/c1-13-10(12(16)17)6-7-15-8-14-9-4-2-3-5-11(9)15/h2-5,8,10,13H,6-7H2,1H3,(H,16,17). The molecule has 90 valence electrons.